The molecular formula is C21H38O2. The monoisotopic (exact) mass is 322 g/mol. The number of hydrogen-bond donors (Lipinski definition) is 0. The maximum Gasteiger partial charge on any atom is 0.133 e. The Kier molecular flexibility index (Phi) is 16.6. The van der Waals surface area contributed by atoms with Gasteiger partial charge < -0.3 is 4.74 Å². The van der Waals surface area contributed by atoms with Gasteiger partial charge in [0.25, 0.3) is 0 Å². The summed E-state index contributed by atoms with van der Waals surface area (Å²) in [5.41, 5.74) is -0.0780. The second-order valence-corrected chi connectivity index (χ2v) is 6.34. The summed E-state index contributed by atoms with van der Waals surface area (Å²) in [5, 5.41) is 0. The van der Waals surface area contributed by atoms with Gasteiger partial charge in [0, 0.05) is 19.4 Å². The van der Waals surface area contributed by atoms with Crippen molar-refractivity contribution in [2.75, 3.05) is 6.61 Å². The first-order chi connectivity index (χ1) is 11.0. The number of carbonyl (C=O) groups excluding carboxylic acids is 1. The van der Waals surface area contributed by atoms with E-state index in [1.54, 1.807) is 0 Å². The van der Waals surface area contributed by atoms with E-state index in [0.29, 0.717) is 11.7 Å². The van der Waals surface area contributed by atoms with Gasteiger partial charge in [-0.1, -0.05) is 52.2 Å². The van der Waals surface area contributed by atoms with Crippen LogP contribution in [-0.2, 0) is 9.53 Å². The van der Waals surface area contributed by atoms with Crippen LogP contribution in [0.25, 0.3) is 0 Å². The number of unbranched alkanes of at least 4 members (excludes halogenated alkanes) is 3. The lowest BCUT2D eigenvalue weighted by atomic mass is 10.0. The highest BCUT2D eigenvalue weighted by molar-refractivity contribution is 5.80. The van der Waals surface area contributed by atoms with Gasteiger partial charge in [-0.15, -0.1) is 12.8 Å². The number of hydrogen-bond acceptors (Lipinski definition) is 2. The summed E-state index contributed by atoms with van der Waals surface area (Å²) < 4.78 is 5.94. The molecule has 0 radical (unpaired) electrons. The van der Waals surface area contributed by atoms with Gasteiger partial charge in [-0.2, -0.15) is 0 Å². The predicted octanol–water partition coefficient (Wildman–Crippen LogP) is 5.95. The summed E-state index contributed by atoms with van der Waals surface area (Å²) in [5.74, 6) is 0.897. The van der Waals surface area contributed by atoms with E-state index in [2.05, 4.69) is 45.8 Å². The highest BCUT2D eigenvalue weighted by Gasteiger charge is 2.20. The standard InChI is InChI=1S/C17H30O2.C2H6.C2H2/c1-4-5-6-7-13-19-17(2,3)12-8-9-15-10-11-16(18)14-15;2*1-2/h8-9,15H,4-7,10-14H2,1-3H3;1-2H3;1-2H/b9-8+;;/t15-;;/m0../s1. The summed E-state index contributed by atoms with van der Waals surface area (Å²) in [6.45, 7) is 11.4. The topological polar surface area (TPSA) is 26.3 Å². The molecule has 0 aromatic rings. The van der Waals surface area contributed by atoms with Crippen LogP contribution in [0.4, 0.5) is 0 Å². The molecule has 2 heteroatoms. The molecule has 1 atom stereocenters. The van der Waals surface area contributed by atoms with Gasteiger partial charge in [-0.3, -0.25) is 4.79 Å². The molecule has 23 heavy (non-hydrogen) atoms. The highest BCUT2D eigenvalue weighted by Crippen LogP contribution is 2.24. The SMILES string of the molecule is C#C.CC.CCCCCCOC(C)(C)C/C=C/[C@H]1CCC(=O)C1. The molecule has 0 aromatic carbocycles. The second kappa shape index (κ2) is 15.8. The van der Waals surface area contributed by atoms with Gasteiger partial charge >= 0.3 is 0 Å². The van der Waals surface area contributed by atoms with Crippen molar-refractivity contribution in [3.63, 3.8) is 0 Å². The fraction of sp³-hybridized carbons (Fsp3) is 0.762. The predicted molar refractivity (Wildman–Crippen MR) is 102 cm³/mol. The molecule has 0 N–H and O–H groups in total. The van der Waals surface area contributed by atoms with Gasteiger partial charge in [0.2, 0.25) is 0 Å². The van der Waals surface area contributed by atoms with Crippen LogP contribution >= 0.6 is 0 Å². The van der Waals surface area contributed by atoms with Crippen LogP contribution in [0.3, 0.4) is 0 Å². The van der Waals surface area contributed by atoms with Crippen molar-refractivity contribution in [1.82, 2.24) is 0 Å². The third-order valence-corrected chi connectivity index (χ3v) is 3.79. The zero-order valence-corrected chi connectivity index (χ0v) is 16.1. The number of ether oxygens (including phenoxy) is 1. The largest absolute Gasteiger partial charge is 0.375 e. The van der Waals surface area contributed by atoms with Crippen LogP contribution < -0.4 is 0 Å². The van der Waals surface area contributed by atoms with Gasteiger partial charge in [-0.05, 0) is 39.0 Å². The third-order valence-electron chi connectivity index (χ3n) is 3.79. The lowest BCUT2D eigenvalue weighted by Gasteiger charge is -2.24. The van der Waals surface area contributed by atoms with Crippen molar-refractivity contribution in [1.29, 1.82) is 0 Å². The van der Waals surface area contributed by atoms with E-state index < -0.39 is 0 Å². The number of ketones is 1. The smallest absolute Gasteiger partial charge is 0.133 e. The van der Waals surface area contributed by atoms with Crippen molar-refractivity contribution in [2.45, 2.75) is 91.6 Å². The number of Topliss-reactive ketones (excluding diaryl/α,β-unsaturated/α-hetero) is 1. The molecule has 2 nitrogen and oxygen atoms in total. The summed E-state index contributed by atoms with van der Waals surface area (Å²) in [4.78, 5) is 11.2. The van der Waals surface area contributed by atoms with E-state index >= 15 is 0 Å². The van der Waals surface area contributed by atoms with Gasteiger partial charge in [0.15, 0.2) is 0 Å². The molecule has 1 saturated carbocycles. The molecule has 0 aliphatic heterocycles. The zero-order chi connectivity index (χ0) is 18.1. The Bertz CT molecular complexity index is 326. The first-order valence-electron chi connectivity index (χ1n) is 9.19. The Hall–Kier alpha value is -1.07. The van der Waals surface area contributed by atoms with Crippen LogP contribution in [0.2, 0.25) is 0 Å². The van der Waals surface area contributed by atoms with Crippen molar-refractivity contribution in [2.24, 2.45) is 5.92 Å². The molecule has 0 bridgehead atoms. The van der Waals surface area contributed by atoms with Crippen LogP contribution in [-0.4, -0.2) is 18.0 Å². The molecule has 1 fully saturated rings. The molecule has 0 spiro atoms. The maximum atomic E-state index is 11.2. The highest BCUT2D eigenvalue weighted by atomic mass is 16.5. The summed E-state index contributed by atoms with van der Waals surface area (Å²) in [6.07, 6.45) is 20.9. The van der Waals surface area contributed by atoms with Crippen LogP contribution in [0.15, 0.2) is 12.2 Å². The van der Waals surface area contributed by atoms with E-state index in [1.165, 1.54) is 19.3 Å². The molecule has 0 unspecified atom stereocenters. The van der Waals surface area contributed by atoms with E-state index in [-0.39, 0.29) is 5.60 Å². The summed E-state index contributed by atoms with van der Waals surface area (Å²) >= 11 is 0. The van der Waals surface area contributed by atoms with Gasteiger partial charge in [-0.25, -0.2) is 0 Å². The lowest BCUT2D eigenvalue weighted by Crippen LogP contribution is -2.24. The molecule has 0 heterocycles. The van der Waals surface area contributed by atoms with E-state index in [9.17, 15) is 4.79 Å². The van der Waals surface area contributed by atoms with E-state index in [4.69, 9.17) is 4.74 Å². The molecule has 1 aliphatic carbocycles. The van der Waals surface area contributed by atoms with Crippen LogP contribution in [0.5, 0.6) is 0 Å². The normalized spacial score (nSPS) is 17.3. The average molecular weight is 323 g/mol. The van der Waals surface area contributed by atoms with Crippen LogP contribution in [0, 0.1) is 18.8 Å². The lowest BCUT2D eigenvalue weighted by molar-refractivity contribution is -0.117. The fourth-order valence-corrected chi connectivity index (χ4v) is 2.49. The minimum atomic E-state index is -0.0780. The quantitative estimate of drug-likeness (QED) is 0.298. The fourth-order valence-electron chi connectivity index (χ4n) is 2.49. The van der Waals surface area contributed by atoms with Gasteiger partial charge in [0.05, 0.1) is 5.60 Å². The Morgan fingerprint density at radius 3 is 2.39 bits per heavy atom. The molecule has 1 aliphatic rings. The van der Waals surface area contributed by atoms with E-state index in [1.807, 2.05) is 13.8 Å². The average Bonchev–Trinajstić information content (AvgIpc) is 2.96. The summed E-state index contributed by atoms with van der Waals surface area (Å²) in [6, 6.07) is 0. The van der Waals surface area contributed by atoms with Crippen molar-refractivity contribution >= 4 is 5.78 Å². The van der Waals surface area contributed by atoms with Crippen LogP contribution in [0.1, 0.15) is 86.0 Å². The maximum absolute atomic E-state index is 11.2. The van der Waals surface area contributed by atoms with Crippen molar-refractivity contribution < 1.29 is 9.53 Å². The Balaban J connectivity index is 0. The Labute approximate surface area is 145 Å². The zero-order valence-electron chi connectivity index (χ0n) is 16.1. The first-order valence-corrected chi connectivity index (χ1v) is 9.19. The number of rotatable bonds is 9. The molecule has 134 valence electrons. The second-order valence-electron chi connectivity index (χ2n) is 6.34. The number of allylic oxidation sites excluding steroid dienone is 1. The minimum absolute atomic E-state index is 0.0780. The number of terminal acetylenes is 1. The third kappa shape index (κ3) is 14.3. The Morgan fingerprint density at radius 2 is 1.87 bits per heavy atom. The molecule has 0 aromatic heterocycles. The Morgan fingerprint density at radius 1 is 1.22 bits per heavy atom. The molecular weight excluding hydrogens is 284 g/mol. The molecule has 0 saturated heterocycles. The van der Waals surface area contributed by atoms with Crippen molar-refractivity contribution in [3.8, 4) is 12.8 Å². The first kappa shape index (κ1) is 24.2. The molecule has 0 amide bonds. The number of carbonyl (C=O) groups is 1. The van der Waals surface area contributed by atoms with Crippen molar-refractivity contribution in [3.05, 3.63) is 12.2 Å². The summed E-state index contributed by atoms with van der Waals surface area (Å²) in [7, 11) is 0. The van der Waals surface area contributed by atoms with E-state index in [0.717, 1.165) is 38.7 Å². The molecule has 1 rings (SSSR count). The van der Waals surface area contributed by atoms with Gasteiger partial charge in [0.1, 0.15) is 5.78 Å². The minimum Gasteiger partial charge on any atom is -0.375 e.